The number of carbonyl (C=O) groups is 1. The maximum atomic E-state index is 9.43. The highest BCUT2D eigenvalue weighted by atomic mass is 16.1. The molecule has 0 saturated heterocycles. The van der Waals surface area contributed by atoms with E-state index in [9.17, 15) is 4.79 Å². The minimum absolute atomic E-state index is 0.383. The van der Waals surface area contributed by atoms with E-state index < -0.39 is 5.94 Å². The zero-order valence-corrected chi connectivity index (χ0v) is 3.59. The first-order valence-electron chi connectivity index (χ1n) is 1.66. The summed E-state index contributed by atoms with van der Waals surface area (Å²) in [6, 6.07) is 1.60. The topological polar surface area (TPSA) is 52.9 Å². The van der Waals surface area contributed by atoms with Crippen LogP contribution in [0.4, 0.5) is 0 Å². The Bertz CT molecular complexity index is 97.6. The van der Waals surface area contributed by atoms with E-state index in [1.165, 1.54) is 0 Å². The number of hydrogen-bond donors (Lipinski definition) is 1. The van der Waals surface area contributed by atoms with Gasteiger partial charge in [0.05, 0.1) is 12.0 Å². The lowest BCUT2D eigenvalue weighted by atomic mass is 9.99. The van der Waals surface area contributed by atoms with Gasteiger partial charge in [-0.2, -0.15) is 5.26 Å². The van der Waals surface area contributed by atoms with Crippen molar-refractivity contribution in [1.29, 1.82) is 5.26 Å². The number of carbonyl (C=O) groups excluding carboxylic acids is 1. The fourth-order valence-electron chi connectivity index (χ4n) is 0.111. The van der Waals surface area contributed by atoms with Crippen LogP contribution in [0.5, 0.6) is 0 Å². The second kappa shape index (κ2) is 3.22. The monoisotopic (exact) mass is 94.0 g/mol. The Hall–Kier alpha value is -0.975. The number of amides is 1. The van der Waals surface area contributed by atoms with Crippen molar-refractivity contribution in [1.82, 2.24) is 5.32 Å². The molecule has 1 amide bonds. The quantitative estimate of drug-likeness (QED) is 0.343. The molecule has 4 heteroatoms. The maximum absolute atomic E-state index is 9.43. The van der Waals surface area contributed by atoms with Gasteiger partial charge in [-0.1, -0.05) is 0 Å². The van der Waals surface area contributed by atoms with Gasteiger partial charge < -0.3 is 5.32 Å². The molecule has 0 aromatic rings. The van der Waals surface area contributed by atoms with Crippen LogP contribution in [0.2, 0.25) is 0 Å². The Morgan fingerprint density at radius 2 is 2.57 bits per heavy atom. The Morgan fingerprint density at radius 3 is 2.71 bits per heavy atom. The highest BCUT2D eigenvalue weighted by Crippen LogP contribution is 1.61. The molecule has 1 unspecified atom stereocenters. The van der Waals surface area contributed by atoms with Gasteiger partial charge in [-0.15, -0.1) is 0 Å². The summed E-state index contributed by atoms with van der Waals surface area (Å²) < 4.78 is 0. The summed E-state index contributed by atoms with van der Waals surface area (Å²) in [4.78, 5) is 9.43. The lowest BCUT2D eigenvalue weighted by Crippen LogP contribution is -2.25. The first-order valence-corrected chi connectivity index (χ1v) is 1.66. The van der Waals surface area contributed by atoms with E-state index in [1.807, 2.05) is 5.32 Å². The summed E-state index contributed by atoms with van der Waals surface area (Å²) in [6.07, 6.45) is 0.383. The first kappa shape index (κ1) is 6.02. The molecular weight excluding hydrogens is 90.9 g/mol. The molecule has 0 rings (SSSR count). The van der Waals surface area contributed by atoms with E-state index in [2.05, 4.69) is 0 Å². The van der Waals surface area contributed by atoms with Gasteiger partial charge in [0.2, 0.25) is 6.41 Å². The number of nitriles is 1. The zero-order chi connectivity index (χ0) is 5.70. The van der Waals surface area contributed by atoms with Crippen molar-refractivity contribution in [2.24, 2.45) is 0 Å². The summed E-state index contributed by atoms with van der Waals surface area (Å²) in [5.41, 5.74) is 0. The number of rotatable bonds is 2. The smallest absolute Gasteiger partial charge is 0.207 e. The van der Waals surface area contributed by atoms with Gasteiger partial charge in [-0.25, -0.2) is 0 Å². The van der Waals surface area contributed by atoms with Gasteiger partial charge in [0.15, 0.2) is 0 Å². The van der Waals surface area contributed by atoms with Crippen LogP contribution in [0.1, 0.15) is 0 Å². The van der Waals surface area contributed by atoms with Crippen molar-refractivity contribution < 1.29 is 4.79 Å². The SMILES string of the molecule is [B]C(C#N)NC=O. The van der Waals surface area contributed by atoms with Crippen LogP contribution in [-0.4, -0.2) is 20.2 Å². The average Bonchev–Trinajstić information content (AvgIpc) is 1.68. The van der Waals surface area contributed by atoms with Crippen LogP contribution in [0.15, 0.2) is 0 Å². The van der Waals surface area contributed by atoms with Crippen molar-refractivity contribution in [2.75, 3.05) is 0 Å². The van der Waals surface area contributed by atoms with Crippen LogP contribution in [0.25, 0.3) is 0 Å². The van der Waals surface area contributed by atoms with Crippen molar-refractivity contribution in [3.63, 3.8) is 0 Å². The van der Waals surface area contributed by atoms with Crippen LogP contribution < -0.4 is 5.32 Å². The van der Waals surface area contributed by atoms with Crippen LogP contribution in [0.3, 0.4) is 0 Å². The molecular formula is C3H3BN2O. The van der Waals surface area contributed by atoms with E-state index in [4.69, 9.17) is 13.1 Å². The molecule has 3 nitrogen and oxygen atoms in total. The number of nitrogens with one attached hydrogen (secondary N) is 1. The highest BCUT2D eigenvalue weighted by Gasteiger charge is 1.89. The normalized spacial score (nSPS) is 11.3. The zero-order valence-electron chi connectivity index (χ0n) is 3.59. The van der Waals surface area contributed by atoms with E-state index in [1.54, 1.807) is 6.07 Å². The summed E-state index contributed by atoms with van der Waals surface area (Å²) in [6.45, 7) is 0. The van der Waals surface area contributed by atoms with E-state index in [0.717, 1.165) is 0 Å². The predicted octanol–water partition coefficient (Wildman–Crippen LogP) is -1.25. The van der Waals surface area contributed by atoms with Gasteiger partial charge in [-0.05, 0) is 0 Å². The molecule has 0 bridgehead atoms. The molecule has 7 heavy (non-hydrogen) atoms. The molecule has 0 aliphatic carbocycles. The maximum Gasteiger partial charge on any atom is 0.207 e. The lowest BCUT2D eigenvalue weighted by molar-refractivity contribution is -0.109. The molecule has 0 aliphatic heterocycles. The number of hydrogen-bond acceptors (Lipinski definition) is 2. The third kappa shape index (κ3) is 2.84. The van der Waals surface area contributed by atoms with Crippen molar-refractivity contribution >= 4 is 14.3 Å². The van der Waals surface area contributed by atoms with Gasteiger partial charge in [-0.3, -0.25) is 4.79 Å². The van der Waals surface area contributed by atoms with Crippen molar-refractivity contribution in [3.8, 4) is 6.07 Å². The molecule has 1 atom stereocenters. The third-order valence-electron chi connectivity index (χ3n) is 0.387. The second-order valence-electron chi connectivity index (χ2n) is 0.891. The van der Waals surface area contributed by atoms with Gasteiger partial charge in [0.25, 0.3) is 0 Å². The molecule has 0 heterocycles. The van der Waals surface area contributed by atoms with E-state index >= 15 is 0 Å². The van der Waals surface area contributed by atoms with Gasteiger partial charge in [0.1, 0.15) is 7.85 Å². The molecule has 0 aliphatic rings. The van der Waals surface area contributed by atoms with E-state index in [0.29, 0.717) is 6.41 Å². The van der Waals surface area contributed by atoms with Crippen LogP contribution >= 0.6 is 0 Å². The third-order valence-corrected chi connectivity index (χ3v) is 0.387. The Morgan fingerprint density at radius 1 is 2.00 bits per heavy atom. The lowest BCUT2D eigenvalue weighted by Gasteiger charge is -1.93. The predicted molar refractivity (Wildman–Crippen MR) is 24.4 cm³/mol. The summed E-state index contributed by atoms with van der Waals surface area (Å²) in [7, 11) is 4.88. The summed E-state index contributed by atoms with van der Waals surface area (Å²) in [5.74, 6) is -0.863. The molecule has 1 N–H and O–H groups in total. The van der Waals surface area contributed by atoms with Crippen LogP contribution in [0, 0.1) is 11.3 Å². The Kier molecular flexibility index (Phi) is 2.77. The fourth-order valence-corrected chi connectivity index (χ4v) is 0.111. The standard InChI is InChI=1S/C3H3BN2O/c4-3(1-5)6-2-7/h2-3H,(H,6,7). The first-order chi connectivity index (χ1) is 3.31. The van der Waals surface area contributed by atoms with Gasteiger partial charge in [0, 0.05) is 0 Å². The summed E-state index contributed by atoms with van der Waals surface area (Å²) in [5, 5.41) is 9.90. The van der Waals surface area contributed by atoms with Crippen molar-refractivity contribution in [2.45, 2.75) is 5.94 Å². The Balaban J connectivity index is 3.21. The number of nitrogens with zero attached hydrogens (tertiary/aromatic N) is 1. The molecule has 2 radical (unpaired) electrons. The fraction of sp³-hybridized carbons (Fsp3) is 0.333. The summed E-state index contributed by atoms with van der Waals surface area (Å²) >= 11 is 0. The molecule has 0 aromatic carbocycles. The molecule has 0 fully saturated rings. The minimum Gasteiger partial charge on any atom is -0.351 e. The average molecular weight is 93.9 g/mol. The van der Waals surface area contributed by atoms with Crippen molar-refractivity contribution in [3.05, 3.63) is 0 Å². The van der Waals surface area contributed by atoms with Crippen LogP contribution in [-0.2, 0) is 4.79 Å². The Labute approximate surface area is 42.7 Å². The molecule has 34 valence electrons. The largest absolute Gasteiger partial charge is 0.351 e. The second-order valence-corrected chi connectivity index (χ2v) is 0.891. The molecule has 0 aromatic heterocycles. The van der Waals surface area contributed by atoms with Gasteiger partial charge >= 0.3 is 0 Å². The molecule has 0 saturated carbocycles. The molecule has 0 spiro atoms. The highest BCUT2D eigenvalue weighted by molar-refractivity contribution is 6.14. The van der Waals surface area contributed by atoms with E-state index in [-0.39, 0.29) is 0 Å². The minimum atomic E-state index is -0.863.